The first-order chi connectivity index (χ1) is 13.0. The Morgan fingerprint density at radius 2 is 1.63 bits per heavy atom. The van der Waals surface area contributed by atoms with Crippen molar-refractivity contribution < 1.29 is 0 Å². The number of hydrogen-bond acceptors (Lipinski definition) is 3. The third-order valence-electron chi connectivity index (χ3n) is 4.78. The summed E-state index contributed by atoms with van der Waals surface area (Å²) in [5, 5.41) is 9.08. The lowest BCUT2D eigenvalue weighted by molar-refractivity contribution is 1.09. The molecule has 2 heterocycles. The normalized spacial score (nSPS) is 11.6. The molecular formula is C23H22N4. The Labute approximate surface area is 159 Å². The molecule has 0 atom stereocenters. The number of imidazole rings is 1. The number of pyridine rings is 1. The van der Waals surface area contributed by atoms with Crippen molar-refractivity contribution in [2.24, 2.45) is 10.2 Å². The number of hydrogen-bond donors (Lipinski definition) is 0. The predicted octanol–water partition coefficient (Wildman–Crippen LogP) is 6.65. The van der Waals surface area contributed by atoms with Crippen molar-refractivity contribution in [3.05, 3.63) is 83.0 Å². The van der Waals surface area contributed by atoms with Gasteiger partial charge in [0.25, 0.3) is 0 Å². The first-order valence-electron chi connectivity index (χ1n) is 9.06. The maximum atomic E-state index is 4.83. The molecule has 0 fully saturated rings. The third kappa shape index (κ3) is 3.38. The van der Waals surface area contributed by atoms with Gasteiger partial charge in [0.15, 0.2) is 5.82 Å². The van der Waals surface area contributed by atoms with E-state index in [1.54, 1.807) is 0 Å². The third-order valence-corrected chi connectivity index (χ3v) is 4.78. The summed E-state index contributed by atoms with van der Waals surface area (Å²) in [7, 11) is 0. The number of nitrogens with zero attached hydrogens (tertiary/aromatic N) is 4. The lowest BCUT2D eigenvalue weighted by Crippen LogP contribution is -1.85. The van der Waals surface area contributed by atoms with Gasteiger partial charge in [-0.25, -0.2) is 4.98 Å². The van der Waals surface area contributed by atoms with E-state index in [0.717, 1.165) is 39.5 Å². The van der Waals surface area contributed by atoms with Crippen molar-refractivity contribution in [2.75, 3.05) is 0 Å². The molecule has 0 unspecified atom stereocenters. The van der Waals surface area contributed by atoms with Gasteiger partial charge in [-0.3, -0.25) is 4.40 Å². The van der Waals surface area contributed by atoms with Crippen LogP contribution in [0.1, 0.15) is 22.3 Å². The van der Waals surface area contributed by atoms with Gasteiger partial charge >= 0.3 is 0 Å². The van der Waals surface area contributed by atoms with E-state index in [1.165, 1.54) is 11.1 Å². The number of aryl methyl sites for hydroxylation is 4. The zero-order chi connectivity index (χ0) is 19.0. The molecule has 0 saturated carbocycles. The average molecular weight is 354 g/mol. The minimum atomic E-state index is 0.749. The van der Waals surface area contributed by atoms with Crippen LogP contribution >= 0.6 is 0 Å². The van der Waals surface area contributed by atoms with Gasteiger partial charge in [0, 0.05) is 11.8 Å². The quantitative estimate of drug-likeness (QED) is 0.380. The Hall–Kier alpha value is -3.27. The van der Waals surface area contributed by atoms with Crippen LogP contribution in [-0.4, -0.2) is 9.38 Å². The van der Waals surface area contributed by atoms with Crippen LogP contribution < -0.4 is 0 Å². The molecule has 4 rings (SSSR count). The topological polar surface area (TPSA) is 42.0 Å². The Bertz CT molecular complexity index is 1170. The second-order valence-corrected chi connectivity index (χ2v) is 7.06. The van der Waals surface area contributed by atoms with Gasteiger partial charge in [0.2, 0.25) is 0 Å². The lowest BCUT2D eigenvalue weighted by Gasteiger charge is -2.04. The molecule has 0 aliphatic rings. The zero-order valence-electron chi connectivity index (χ0n) is 16.1. The minimum Gasteiger partial charge on any atom is -0.282 e. The second kappa shape index (κ2) is 6.80. The highest BCUT2D eigenvalue weighted by molar-refractivity contribution is 5.75. The van der Waals surface area contributed by atoms with Crippen LogP contribution in [-0.2, 0) is 0 Å². The van der Waals surface area contributed by atoms with Gasteiger partial charge < -0.3 is 0 Å². The van der Waals surface area contributed by atoms with Gasteiger partial charge in [-0.2, -0.15) is 0 Å². The predicted molar refractivity (Wildman–Crippen MR) is 110 cm³/mol. The lowest BCUT2D eigenvalue weighted by atomic mass is 10.0. The fourth-order valence-corrected chi connectivity index (χ4v) is 3.11. The summed E-state index contributed by atoms with van der Waals surface area (Å²) in [6.45, 7) is 8.35. The first kappa shape index (κ1) is 17.2. The zero-order valence-corrected chi connectivity index (χ0v) is 16.1. The molecule has 4 aromatic rings. The number of azo groups is 1. The van der Waals surface area contributed by atoms with Crippen LogP contribution in [0.4, 0.5) is 11.5 Å². The maximum Gasteiger partial charge on any atom is 0.187 e. The summed E-state index contributed by atoms with van der Waals surface area (Å²) in [6, 6.07) is 18.5. The smallest absolute Gasteiger partial charge is 0.187 e. The molecule has 0 radical (unpaired) electrons. The molecule has 4 heteroatoms. The summed E-state index contributed by atoms with van der Waals surface area (Å²) in [5.41, 5.74) is 8.42. The molecule has 2 aromatic carbocycles. The number of benzene rings is 2. The molecular weight excluding hydrogens is 332 g/mol. The monoisotopic (exact) mass is 354 g/mol. The van der Waals surface area contributed by atoms with Crippen LogP contribution in [0, 0.1) is 27.7 Å². The Balaban J connectivity index is 1.90. The SMILES string of the molecule is Cc1cccc(N=Nc2c(-c3ccc(C)c(C)c3)nc3ccc(C)cn23)c1. The summed E-state index contributed by atoms with van der Waals surface area (Å²) in [5.74, 6) is 0.749. The molecule has 0 bridgehead atoms. The van der Waals surface area contributed by atoms with Crippen molar-refractivity contribution in [3.63, 3.8) is 0 Å². The van der Waals surface area contributed by atoms with E-state index in [2.05, 4.69) is 74.5 Å². The van der Waals surface area contributed by atoms with Gasteiger partial charge in [-0.05, 0) is 74.2 Å². The Kier molecular flexibility index (Phi) is 4.32. The maximum absolute atomic E-state index is 4.83. The van der Waals surface area contributed by atoms with E-state index < -0.39 is 0 Å². The van der Waals surface area contributed by atoms with Gasteiger partial charge in [-0.15, -0.1) is 10.2 Å². The molecule has 0 aliphatic heterocycles. The van der Waals surface area contributed by atoms with E-state index in [9.17, 15) is 0 Å². The minimum absolute atomic E-state index is 0.749. The van der Waals surface area contributed by atoms with Gasteiger partial charge in [-0.1, -0.05) is 30.3 Å². The first-order valence-corrected chi connectivity index (χ1v) is 9.06. The highest BCUT2D eigenvalue weighted by Crippen LogP contribution is 2.33. The van der Waals surface area contributed by atoms with E-state index in [-0.39, 0.29) is 0 Å². The molecule has 0 spiro atoms. The van der Waals surface area contributed by atoms with Crippen LogP contribution in [0.5, 0.6) is 0 Å². The van der Waals surface area contributed by atoms with Gasteiger partial charge in [0.1, 0.15) is 11.3 Å². The van der Waals surface area contributed by atoms with Crippen LogP contribution in [0.25, 0.3) is 16.9 Å². The highest BCUT2D eigenvalue weighted by atomic mass is 15.2. The second-order valence-electron chi connectivity index (χ2n) is 7.06. The molecule has 134 valence electrons. The average Bonchev–Trinajstić information content (AvgIpc) is 3.00. The molecule has 4 nitrogen and oxygen atoms in total. The van der Waals surface area contributed by atoms with E-state index in [0.29, 0.717) is 0 Å². The van der Waals surface area contributed by atoms with Gasteiger partial charge in [0.05, 0.1) is 5.69 Å². The van der Waals surface area contributed by atoms with Crippen molar-refractivity contribution in [2.45, 2.75) is 27.7 Å². The summed E-state index contributed by atoms with van der Waals surface area (Å²) < 4.78 is 2.01. The van der Waals surface area contributed by atoms with Crippen molar-refractivity contribution in [3.8, 4) is 11.3 Å². The molecule has 0 aliphatic carbocycles. The largest absolute Gasteiger partial charge is 0.282 e. The van der Waals surface area contributed by atoms with E-state index in [4.69, 9.17) is 4.98 Å². The molecule has 0 amide bonds. The van der Waals surface area contributed by atoms with Crippen LogP contribution in [0.15, 0.2) is 71.0 Å². The van der Waals surface area contributed by atoms with Crippen molar-refractivity contribution >= 4 is 17.2 Å². The number of rotatable bonds is 3. The highest BCUT2D eigenvalue weighted by Gasteiger charge is 2.15. The molecule has 0 N–H and O–H groups in total. The fraction of sp³-hybridized carbons (Fsp3) is 0.174. The number of fused-ring (bicyclic) bond motifs is 1. The van der Waals surface area contributed by atoms with Crippen molar-refractivity contribution in [1.29, 1.82) is 0 Å². The Morgan fingerprint density at radius 1 is 0.778 bits per heavy atom. The van der Waals surface area contributed by atoms with Crippen LogP contribution in [0.2, 0.25) is 0 Å². The summed E-state index contributed by atoms with van der Waals surface area (Å²) in [4.78, 5) is 4.83. The van der Waals surface area contributed by atoms with E-state index >= 15 is 0 Å². The molecule has 0 saturated heterocycles. The molecule has 27 heavy (non-hydrogen) atoms. The van der Waals surface area contributed by atoms with E-state index in [1.807, 2.05) is 28.7 Å². The summed E-state index contributed by atoms with van der Waals surface area (Å²) >= 11 is 0. The Morgan fingerprint density at radius 3 is 2.41 bits per heavy atom. The number of aromatic nitrogens is 2. The van der Waals surface area contributed by atoms with Crippen LogP contribution in [0.3, 0.4) is 0 Å². The molecule has 2 aromatic heterocycles. The standard InChI is InChI=1S/C23H22N4/c1-15-6-5-7-20(12-15)25-26-23-22(19-10-9-17(3)18(4)13-19)24-21-11-8-16(2)14-27(21)23/h5-14H,1-4H3. The fourth-order valence-electron chi connectivity index (χ4n) is 3.11. The van der Waals surface area contributed by atoms with Crippen molar-refractivity contribution in [1.82, 2.24) is 9.38 Å². The summed E-state index contributed by atoms with van der Waals surface area (Å²) in [6.07, 6.45) is 2.05.